The average molecular weight is 350 g/mol. The molecule has 0 saturated carbocycles. The summed E-state index contributed by atoms with van der Waals surface area (Å²) in [4.78, 5) is 0. The maximum Gasteiger partial charge on any atom is 0.123 e. The van der Waals surface area contributed by atoms with Gasteiger partial charge in [-0.05, 0) is 90.4 Å². The third-order valence-corrected chi connectivity index (χ3v) is 4.83. The van der Waals surface area contributed by atoms with Gasteiger partial charge in [0.25, 0.3) is 0 Å². The zero-order chi connectivity index (χ0) is 18.7. The van der Waals surface area contributed by atoms with Crippen molar-refractivity contribution >= 4 is 0 Å². The topological polar surface area (TPSA) is 29.5 Å². The lowest BCUT2D eigenvalue weighted by molar-refractivity contribution is 0.414. The SMILES string of the molecule is COc1cc(CCc2c(C)ccc(O)c2C)cc(-c2cccc(F)c2)c1. The molecule has 0 saturated heterocycles. The van der Waals surface area contributed by atoms with Crippen molar-refractivity contribution in [3.8, 4) is 22.6 Å². The molecule has 0 atom stereocenters. The Morgan fingerprint density at radius 2 is 1.73 bits per heavy atom. The van der Waals surface area contributed by atoms with Crippen LogP contribution in [0.5, 0.6) is 11.5 Å². The van der Waals surface area contributed by atoms with E-state index in [2.05, 4.69) is 13.0 Å². The van der Waals surface area contributed by atoms with Crippen molar-refractivity contribution in [2.45, 2.75) is 26.7 Å². The van der Waals surface area contributed by atoms with Crippen molar-refractivity contribution in [3.05, 3.63) is 82.7 Å². The van der Waals surface area contributed by atoms with E-state index in [0.29, 0.717) is 5.75 Å². The van der Waals surface area contributed by atoms with Gasteiger partial charge in [0.1, 0.15) is 17.3 Å². The molecule has 0 fully saturated rings. The van der Waals surface area contributed by atoms with Gasteiger partial charge in [-0.25, -0.2) is 4.39 Å². The van der Waals surface area contributed by atoms with Crippen LogP contribution in [-0.4, -0.2) is 12.2 Å². The largest absolute Gasteiger partial charge is 0.508 e. The van der Waals surface area contributed by atoms with Crippen molar-refractivity contribution in [1.82, 2.24) is 0 Å². The van der Waals surface area contributed by atoms with E-state index >= 15 is 0 Å². The van der Waals surface area contributed by atoms with Gasteiger partial charge in [0.05, 0.1) is 7.11 Å². The fourth-order valence-corrected chi connectivity index (χ4v) is 3.29. The first kappa shape index (κ1) is 18.0. The van der Waals surface area contributed by atoms with Gasteiger partial charge in [-0.15, -0.1) is 0 Å². The smallest absolute Gasteiger partial charge is 0.123 e. The van der Waals surface area contributed by atoms with E-state index in [4.69, 9.17) is 4.74 Å². The summed E-state index contributed by atoms with van der Waals surface area (Å²) in [5.74, 6) is 0.834. The van der Waals surface area contributed by atoms with Crippen LogP contribution >= 0.6 is 0 Å². The number of ether oxygens (including phenoxy) is 1. The Labute approximate surface area is 153 Å². The molecule has 1 N–H and O–H groups in total. The summed E-state index contributed by atoms with van der Waals surface area (Å²) in [5, 5.41) is 9.97. The molecule has 0 aliphatic carbocycles. The summed E-state index contributed by atoms with van der Waals surface area (Å²) in [6, 6.07) is 16.3. The highest BCUT2D eigenvalue weighted by Gasteiger charge is 2.09. The molecule has 0 aromatic heterocycles. The maximum absolute atomic E-state index is 13.6. The maximum atomic E-state index is 13.6. The lowest BCUT2D eigenvalue weighted by atomic mass is 9.94. The standard InChI is InChI=1S/C23H23FO2/c1-15-7-10-23(25)16(2)22(15)9-8-17-11-19(14-21(12-17)26-3)18-5-4-6-20(24)13-18/h4-7,10-14,25H,8-9H2,1-3H3. The van der Waals surface area contributed by atoms with Gasteiger partial charge in [0.2, 0.25) is 0 Å². The number of benzene rings is 3. The number of hydrogen-bond acceptors (Lipinski definition) is 2. The van der Waals surface area contributed by atoms with Crippen molar-refractivity contribution in [2.75, 3.05) is 7.11 Å². The lowest BCUT2D eigenvalue weighted by Crippen LogP contribution is -1.99. The van der Waals surface area contributed by atoms with Crippen LogP contribution in [0, 0.1) is 19.7 Å². The molecule has 3 aromatic carbocycles. The molecular formula is C23H23FO2. The van der Waals surface area contributed by atoms with Crippen LogP contribution in [0.4, 0.5) is 4.39 Å². The van der Waals surface area contributed by atoms with Gasteiger partial charge in [-0.1, -0.05) is 24.3 Å². The number of methoxy groups -OCH3 is 1. The minimum atomic E-state index is -0.252. The Morgan fingerprint density at radius 1 is 0.923 bits per heavy atom. The number of rotatable bonds is 5. The number of aromatic hydroxyl groups is 1. The van der Waals surface area contributed by atoms with E-state index in [0.717, 1.165) is 40.8 Å². The van der Waals surface area contributed by atoms with E-state index in [-0.39, 0.29) is 5.82 Å². The molecule has 0 spiro atoms. The Hall–Kier alpha value is -2.81. The van der Waals surface area contributed by atoms with Gasteiger partial charge < -0.3 is 9.84 Å². The van der Waals surface area contributed by atoms with Crippen LogP contribution in [0.25, 0.3) is 11.1 Å². The van der Waals surface area contributed by atoms with Crippen LogP contribution in [0.1, 0.15) is 22.3 Å². The summed E-state index contributed by atoms with van der Waals surface area (Å²) < 4.78 is 19.0. The second-order valence-electron chi connectivity index (χ2n) is 6.59. The first-order valence-corrected chi connectivity index (χ1v) is 8.70. The first-order chi connectivity index (χ1) is 12.5. The molecular weight excluding hydrogens is 327 g/mol. The highest BCUT2D eigenvalue weighted by molar-refractivity contribution is 5.66. The predicted molar refractivity (Wildman–Crippen MR) is 103 cm³/mol. The summed E-state index contributed by atoms with van der Waals surface area (Å²) in [6.45, 7) is 4.01. The van der Waals surface area contributed by atoms with E-state index in [1.165, 1.54) is 23.3 Å². The van der Waals surface area contributed by atoms with Crippen molar-refractivity contribution in [2.24, 2.45) is 0 Å². The molecule has 0 bridgehead atoms. The van der Waals surface area contributed by atoms with Gasteiger partial charge >= 0.3 is 0 Å². The minimum absolute atomic E-state index is 0.252. The van der Waals surface area contributed by atoms with Crippen LogP contribution in [0.2, 0.25) is 0 Å². The molecule has 3 heteroatoms. The van der Waals surface area contributed by atoms with Crippen LogP contribution in [0.3, 0.4) is 0 Å². The minimum Gasteiger partial charge on any atom is -0.508 e. The van der Waals surface area contributed by atoms with Crippen LogP contribution in [-0.2, 0) is 12.8 Å². The molecule has 3 rings (SSSR count). The Kier molecular flexibility index (Phi) is 5.27. The monoisotopic (exact) mass is 350 g/mol. The highest BCUT2D eigenvalue weighted by Crippen LogP contribution is 2.29. The molecule has 3 aromatic rings. The third-order valence-electron chi connectivity index (χ3n) is 4.83. The van der Waals surface area contributed by atoms with E-state index in [1.807, 2.05) is 31.2 Å². The van der Waals surface area contributed by atoms with E-state index in [1.54, 1.807) is 19.2 Å². The molecule has 0 unspecified atom stereocenters. The zero-order valence-electron chi connectivity index (χ0n) is 15.3. The molecule has 134 valence electrons. The zero-order valence-corrected chi connectivity index (χ0v) is 15.3. The average Bonchev–Trinajstić information content (AvgIpc) is 2.64. The molecule has 0 heterocycles. The molecule has 0 radical (unpaired) electrons. The summed E-state index contributed by atoms with van der Waals surface area (Å²) in [7, 11) is 1.64. The molecule has 0 aliphatic rings. The number of phenolic OH excluding ortho intramolecular Hbond substituents is 1. The van der Waals surface area contributed by atoms with E-state index < -0.39 is 0 Å². The number of aryl methyl sites for hydroxylation is 2. The Morgan fingerprint density at radius 3 is 2.46 bits per heavy atom. The lowest BCUT2D eigenvalue weighted by Gasteiger charge is -2.13. The fourth-order valence-electron chi connectivity index (χ4n) is 3.29. The van der Waals surface area contributed by atoms with E-state index in [9.17, 15) is 9.50 Å². The molecule has 0 aliphatic heterocycles. The second kappa shape index (κ2) is 7.61. The van der Waals surface area contributed by atoms with Crippen LogP contribution < -0.4 is 4.74 Å². The highest BCUT2D eigenvalue weighted by atomic mass is 19.1. The summed E-state index contributed by atoms with van der Waals surface area (Å²) in [5.41, 5.74) is 6.15. The summed E-state index contributed by atoms with van der Waals surface area (Å²) >= 11 is 0. The van der Waals surface area contributed by atoms with Crippen molar-refractivity contribution in [3.63, 3.8) is 0 Å². The van der Waals surface area contributed by atoms with Crippen molar-refractivity contribution in [1.29, 1.82) is 0 Å². The van der Waals surface area contributed by atoms with Gasteiger partial charge in [-0.2, -0.15) is 0 Å². The predicted octanol–water partition coefficient (Wildman–Crippen LogP) is 5.61. The van der Waals surface area contributed by atoms with Crippen LogP contribution in [0.15, 0.2) is 54.6 Å². The fraction of sp³-hybridized carbons (Fsp3) is 0.217. The summed E-state index contributed by atoms with van der Waals surface area (Å²) in [6.07, 6.45) is 1.63. The molecule has 26 heavy (non-hydrogen) atoms. The third kappa shape index (κ3) is 3.88. The quantitative estimate of drug-likeness (QED) is 0.648. The second-order valence-corrected chi connectivity index (χ2v) is 6.59. The number of halogens is 1. The number of hydrogen-bond donors (Lipinski definition) is 1. The Balaban J connectivity index is 1.91. The number of phenols is 1. The molecule has 2 nitrogen and oxygen atoms in total. The van der Waals surface area contributed by atoms with Gasteiger partial charge in [-0.3, -0.25) is 0 Å². The first-order valence-electron chi connectivity index (χ1n) is 8.70. The van der Waals surface area contributed by atoms with Gasteiger partial charge in [0.15, 0.2) is 0 Å². The Bertz CT molecular complexity index is 931. The molecule has 0 amide bonds. The van der Waals surface area contributed by atoms with Gasteiger partial charge in [0, 0.05) is 0 Å². The van der Waals surface area contributed by atoms with Crippen molar-refractivity contribution < 1.29 is 14.2 Å². The normalized spacial score (nSPS) is 10.8.